The molecule has 0 bridgehead atoms. The first-order chi connectivity index (χ1) is 14.5. The molecule has 1 saturated heterocycles. The van der Waals surface area contributed by atoms with E-state index in [1.165, 1.54) is 12.8 Å². The number of unbranched alkanes of at least 4 members (excludes halogenated alkanes) is 4. The molecule has 1 heterocycles. The first-order valence-corrected chi connectivity index (χ1v) is 11.6. The summed E-state index contributed by atoms with van der Waals surface area (Å²) < 4.78 is 11.4. The van der Waals surface area contributed by atoms with Gasteiger partial charge in [0.25, 0.3) is 0 Å². The van der Waals surface area contributed by atoms with Crippen molar-refractivity contribution in [1.82, 2.24) is 10.6 Å². The molecule has 3 N–H and O–H groups in total. The lowest BCUT2D eigenvalue weighted by molar-refractivity contribution is -0.304. The SMILES string of the molecule is CCCCCCCC(=O)NCCCC(CNC(=O)C1OC(C)(C)OCC1(C)C)C(=O)O. The molecule has 2 amide bonds. The lowest BCUT2D eigenvalue weighted by atomic mass is 9.85. The maximum atomic E-state index is 12.7. The number of carboxylic acids is 1. The molecule has 0 aliphatic carbocycles. The van der Waals surface area contributed by atoms with Crippen LogP contribution in [0.25, 0.3) is 0 Å². The molecule has 2 unspecified atom stereocenters. The molecule has 0 spiro atoms. The Hall–Kier alpha value is -1.67. The largest absolute Gasteiger partial charge is 0.481 e. The second kappa shape index (κ2) is 13.0. The fraction of sp³-hybridized carbons (Fsp3) is 0.870. The van der Waals surface area contributed by atoms with E-state index >= 15 is 0 Å². The molecule has 0 aromatic rings. The van der Waals surface area contributed by atoms with Crippen LogP contribution in [0.1, 0.15) is 86.0 Å². The summed E-state index contributed by atoms with van der Waals surface area (Å²) in [6.07, 6.45) is 6.19. The van der Waals surface area contributed by atoms with Crippen LogP contribution in [0.2, 0.25) is 0 Å². The average Bonchev–Trinajstić information content (AvgIpc) is 2.68. The number of carboxylic acid groups (broad SMARTS) is 1. The third-order valence-corrected chi connectivity index (χ3v) is 5.57. The van der Waals surface area contributed by atoms with Crippen molar-refractivity contribution in [3.8, 4) is 0 Å². The van der Waals surface area contributed by atoms with Gasteiger partial charge >= 0.3 is 5.97 Å². The van der Waals surface area contributed by atoms with Crippen molar-refractivity contribution < 1.29 is 29.0 Å². The Balaban J connectivity index is 2.35. The van der Waals surface area contributed by atoms with E-state index in [2.05, 4.69) is 17.6 Å². The Kier molecular flexibility index (Phi) is 11.5. The third-order valence-electron chi connectivity index (χ3n) is 5.57. The summed E-state index contributed by atoms with van der Waals surface area (Å²) in [6.45, 7) is 10.3. The molecule has 31 heavy (non-hydrogen) atoms. The molecule has 0 saturated carbocycles. The quantitative estimate of drug-likeness (QED) is 0.356. The molecule has 0 aromatic carbocycles. The Morgan fingerprint density at radius 3 is 2.35 bits per heavy atom. The van der Waals surface area contributed by atoms with E-state index in [-0.39, 0.29) is 18.4 Å². The number of hydrogen-bond donors (Lipinski definition) is 3. The zero-order valence-electron chi connectivity index (χ0n) is 19.9. The Labute approximate surface area is 186 Å². The third kappa shape index (κ3) is 10.5. The van der Waals surface area contributed by atoms with E-state index < -0.39 is 29.2 Å². The number of ether oxygens (including phenoxy) is 2. The topological polar surface area (TPSA) is 114 Å². The standard InChI is InChI=1S/C23H42N2O6/c1-6-7-8-9-10-13-18(26)24-14-11-12-17(21(28)29)15-25-20(27)19-22(2,3)16-30-23(4,5)31-19/h17,19H,6-16H2,1-5H3,(H,24,26)(H,25,27)(H,28,29). The van der Waals surface area contributed by atoms with Gasteiger partial charge in [0, 0.05) is 24.9 Å². The van der Waals surface area contributed by atoms with Crippen LogP contribution in [0.3, 0.4) is 0 Å². The van der Waals surface area contributed by atoms with Crippen LogP contribution in [0.15, 0.2) is 0 Å². The zero-order valence-corrected chi connectivity index (χ0v) is 19.9. The molecule has 180 valence electrons. The van der Waals surface area contributed by atoms with E-state index in [1.54, 1.807) is 13.8 Å². The predicted molar refractivity (Wildman–Crippen MR) is 118 cm³/mol. The smallest absolute Gasteiger partial charge is 0.308 e. The molecule has 8 heteroatoms. The van der Waals surface area contributed by atoms with Gasteiger partial charge in [-0.3, -0.25) is 14.4 Å². The summed E-state index contributed by atoms with van der Waals surface area (Å²) in [5.41, 5.74) is -0.515. The molecule has 8 nitrogen and oxygen atoms in total. The lowest BCUT2D eigenvalue weighted by Crippen LogP contribution is -2.57. The van der Waals surface area contributed by atoms with Crippen molar-refractivity contribution in [2.75, 3.05) is 19.7 Å². The summed E-state index contributed by atoms with van der Waals surface area (Å²) in [6, 6.07) is 0. The van der Waals surface area contributed by atoms with Gasteiger partial charge in [0.15, 0.2) is 5.79 Å². The number of aliphatic carboxylic acids is 1. The van der Waals surface area contributed by atoms with Crippen molar-refractivity contribution in [2.45, 2.75) is 97.9 Å². The van der Waals surface area contributed by atoms with E-state index in [0.29, 0.717) is 32.4 Å². The first-order valence-electron chi connectivity index (χ1n) is 11.6. The summed E-state index contributed by atoms with van der Waals surface area (Å²) in [7, 11) is 0. The van der Waals surface area contributed by atoms with Crippen molar-refractivity contribution >= 4 is 17.8 Å². The van der Waals surface area contributed by atoms with Crippen LogP contribution in [0, 0.1) is 11.3 Å². The van der Waals surface area contributed by atoms with Crippen molar-refractivity contribution in [3.63, 3.8) is 0 Å². The van der Waals surface area contributed by atoms with Crippen molar-refractivity contribution in [2.24, 2.45) is 11.3 Å². The average molecular weight is 443 g/mol. The molecular formula is C23H42N2O6. The normalized spacial score (nSPS) is 20.6. The predicted octanol–water partition coefficient (Wildman–Crippen LogP) is 3.24. The molecule has 2 atom stereocenters. The van der Waals surface area contributed by atoms with Crippen LogP contribution < -0.4 is 10.6 Å². The molecule has 1 fully saturated rings. The number of nitrogens with one attached hydrogen (secondary N) is 2. The van der Waals surface area contributed by atoms with Gasteiger partial charge in [0.1, 0.15) is 6.10 Å². The Morgan fingerprint density at radius 1 is 1.03 bits per heavy atom. The van der Waals surface area contributed by atoms with Gasteiger partial charge in [0.05, 0.1) is 12.5 Å². The summed E-state index contributed by atoms with van der Waals surface area (Å²) in [5.74, 6) is -2.86. The minimum absolute atomic E-state index is 0.0122. The number of carbonyl (C=O) groups is 3. The van der Waals surface area contributed by atoms with Gasteiger partial charge in [-0.05, 0) is 33.1 Å². The maximum Gasteiger partial charge on any atom is 0.308 e. The molecule has 0 radical (unpaired) electrons. The fourth-order valence-corrected chi connectivity index (χ4v) is 3.50. The maximum absolute atomic E-state index is 12.7. The first kappa shape index (κ1) is 27.4. The molecule has 1 rings (SSSR count). The molecule has 1 aliphatic heterocycles. The summed E-state index contributed by atoms with van der Waals surface area (Å²) >= 11 is 0. The number of carbonyl (C=O) groups excluding carboxylic acids is 2. The minimum Gasteiger partial charge on any atom is -0.481 e. The van der Waals surface area contributed by atoms with Gasteiger partial charge in [-0.25, -0.2) is 0 Å². The Bertz CT molecular complexity index is 591. The van der Waals surface area contributed by atoms with Crippen LogP contribution in [-0.4, -0.2) is 54.5 Å². The monoisotopic (exact) mass is 442 g/mol. The minimum atomic E-state index is -0.963. The van der Waals surface area contributed by atoms with Crippen molar-refractivity contribution in [3.05, 3.63) is 0 Å². The highest BCUT2D eigenvalue weighted by Crippen LogP contribution is 2.34. The van der Waals surface area contributed by atoms with Gasteiger partial charge in [0.2, 0.25) is 11.8 Å². The highest BCUT2D eigenvalue weighted by molar-refractivity contribution is 5.82. The van der Waals surface area contributed by atoms with Gasteiger partial charge < -0.3 is 25.2 Å². The van der Waals surface area contributed by atoms with Gasteiger partial charge in [-0.2, -0.15) is 0 Å². The second-order valence-electron chi connectivity index (χ2n) is 9.61. The molecule has 0 aromatic heterocycles. The second-order valence-corrected chi connectivity index (χ2v) is 9.61. The lowest BCUT2D eigenvalue weighted by Gasteiger charge is -2.44. The van der Waals surface area contributed by atoms with Crippen LogP contribution in [0.5, 0.6) is 0 Å². The molecular weight excluding hydrogens is 400 g/mol. The number of rotatable bonds is 14. The summed E-state index contributed by atoms with van der Waals surface area (Å²) in [4.78, 5) is 36.1. The number of hydrogen-bond acceptors (Lipinski definition) is 5. The van der Waals surface area contributed by atoms with E-state index in [9.17, 15) is 19.5 Å². The van der Waals surface area contributed by atoms with Crippen LogP contribution >= 0.6 is 0 Å². The van der Waals surface area contributed by atoms with E-state index in [0.717, 1.165) is 19.3 Å². The Morgan fingerprint density at radius 2 is 1.71 bits per heavy atom. The van der Waals surface area contributed by atoms with E-state index in [1.807, 2.05) is 13.8 Å². The van der Waals surface area contributed by atoms with Crippen LogP contribution in [-0.2, 0) is 23.9 Å². The molecule has 1 aliphatic rings. The summed E-state index contributed by atoms with van der Waals surface area (Å²) in [5, 5.41) is 15.1. The number of amides is 2. The fourth-order valence-electron chi connectivity index (χ4n) is 3.50. The van der Waals surface area contributed by atoms with Crippen molar-refractivity contribution in [1.29, 1.82) is 0 Å². The highest BCUT2D eigenvalue weighted by Gasteiger charge is 2.45. The van der Waals surface area contributed by atoms with Gasteiger partial charge in [-0.15, -0.1) is 0 Å². The highest BCUT2D eigenvalue weighted by atomic mass is 16.7. The zero-order chi connectivity index (χ0) is 23.5. The van der Waals surface area contributed by atoms with Gasteiger partial charge in [-0.1, -0.05) is 46.5 Å². The van der Waals surface area contributed by atoms with E-state index in [4.69, 9.17) is 9.47 Å². The van der Waals surface area contributed by atoms with Crippen LogP contribution in [0.4, 0.5) is 0 Å².